The molecular formula is C12H8N4O2. The van der Waals surface area contributed by atoms with Gasteiger partial charge in [-0.25, -0.2) is 0 Å². The summed E-state index contributed by atoms with van der Waals surface area (Å²) >= 11 is 0. The van der Waals surface area contributed by atoms with Crippen molar-refractivity contribution in [2.45, 2.75) is 0 Å². The number of nitrogens with one attached hydrogen (secondary N) is 1. The molecule has 0 bridgehead atoms. The summed E-state index contributed by atoms with van der Waals surface area (Å²) in [5.74, 6) is -0.308. The third kappa shape index (κ3) is 1.80. The van der Waals surface area contributed by atoms with E-state index < -0.39 is 0 Å². The van der Waals surface area contributed by atoms with Crippen molar-refractivity contribution in [3.05, 3.63) is 48.5 Å². The highest BCUT2D eigenvalue weighted by Crippen LogP contribution is 2.17. The van der Waals surface area contributed by atoms with Crippen LogP contribution < -0.4 is 5.32 Å². The Hall–Kier alpha value is -2.76. The number of carbonyl (C=O) groups is 1. The van der Waals surface area contributed by atoms with Gasteiger partial charge in [-0.05, 0) is 12.1 Å². The van der Waals surface area contributed by atoms with Crippen molar-refractivity contribution in [1.29, 1.82) is 0 Å². The molecule has 3 aromatic rings. The Balaban J connectivity index is 2.01. The average Bonchev–Trinajstić information content (AvgIpc) is 2.91. The second kappa shape index (κ2) is 4.25. The highest BCUT2D eigenvalue weighted by atomic mass is 16.4. The molecule has 0 saturated carbocycles. The molecule has 2 heterocycles. The molecule has 88 valence electrons. The van der Waals surface area contributed by atoms with E-state index in [9.17, 15) is 4.79 Å². The Morgan fingerprint density at radius 2 is 2.11 bits per heavy atom. The van der Waals surface area contributed by atoms with Crippen molar-refractivity contribution in [1.82, 2.24) is 15.2 Å². The van der Waals surface area contributed by atoms with E-state index in [4.69, 9.17) is 4.42 Å². The summed E-state index contributed by atoms with van der Waals surface area (Å²) in [7, 11) is 0. The highest BCUT2D eigenvalue weighted by molar-refractivity contribution is 6.11. The van der Waals surface area contributed by atoms with E-state index in [2.05, 4.69) is 20.5 Å². The zero-order valence-electron chi connectivity index (χ0n) is 9.20. The standard InChI is InChI=1S/C12H8N4O2/c17-11(15-12-16-14-7-18-12)9-5-6-13-10-4-2-1-3-8(9)10/h1-7H,(H,15,16,17). The fourth-order valence-corrected chi connectivity index (χ4v) is 1.69. The lowest BCUT2D eigenvalue weighted by Gasteiger charge is -2.04. The van der Waals surface area contributed by atoms with Crippen LogP contribution in [0.2, 0.25) is 0 Å². The Labute approximate surface area is 102 Å². The maximum absolute atomic E-state index is 12.1. The van der Waals surface area contributed by atoms with Gasteiger partial charge in [-0.3, -0.25) is 15.1 Å². The molecule has 0 aliphatic heterocycles. The van der Waals surface area contributed by atoms with E-state index in [0.29, 0.717) is 5.56 Å². The summed E-state index contributed by atoms with van der Waals surface area (Å²) in [5, 5.41) is 10.4. The fourth-order valence-electron chi connectivity index (χ4n) is 1.69. The molecule has 0 fully saturated rings. The molecule has 0 unspecified atom stereocenters. The van der Waals surface area contributed by atoms with E-state index >= 15 is 0 Å². The van der Waals surface area contributed by atoms with E-state index in [1.165, 1.54) is 0 Å². The van der Waals surface area contributed by atoms with Crippen LogP contribution in [0, 0.1) is 0 Å². The van der Waals surface area contributed by atoms with Crippen LogP contribution in [-0.4, -0.2) is 21.1 Å². The van der Waals surface area contributed by atoms with Crippen LogP contribution >= 0.6 is 0 Å². The van der Waals surface area contributed by atoms with Crippen LogP contribution in [0.4, 0.5) is 6.01 Å². The molecule has 0 spiro atoms. The lowest BCUT2D eigenvalue weighted by atomic mass is 10.1. The number of nitrogens with zero attached hydrogens (tertiary/aromatic N) is 3. The Bertz CT molecular complexity index is 689. The third-order valence-corrected chi connectivity index (χ3v) is 2.47. The zero-order chi connectivity index (χ0) is 12.4. The zero-order valence-corrected chi connectivity index (χ0v) is 9.20. The number of fused-ring (bicyclic) bond motifs is 1. The maximum atomic E-state index is 12.1. The predicted octanol–water partition coefficient (Wildman–Crippen LogP) is 1.87. The highest BCUT2D eigenvalue weighted by Gasteiger charge is 2.12. The Kier molecular flexibility index (Phi) is 2.45. The predicted molar refractivity (Wildman–Crippen MR) is 64.0 cm³/mol. The van der Waals surface area contributed by atoms with Gasteiger partial charge in [0.1, 0.15) is 0 Å². The monoisotopic (exact) mass is 240 g/mol. The van der Waals surface area contributed by atoms with Crippen LogP contribution in [0.3, 0.4) is 0 Å². The molecule has 0 radical (unpaired) electrons. The summed E-state index contributed by atoms with van der Waals surface area (Å²) in [6.45, 7) is 0. The Morgan fingerprint density at radius 3 is 2.94 bits per heavy atom. The molecule has 0 saturated heterocycles. The van der Waals surface area contributed by atoms with Crippen LogP contribution in [0.1, 0.15) is 10.4 Å². The van der Waals surface area contributed by atoms with Gasteiger partial charge < -0.3 is 4.42 Å². The first kappa shape index (κ1) is 10.4. The third-order valence-electron chi connectivity index (χ3n) is 2.47. The summed E-state index contributed by atoms with van der Waals surface area (Å²) in [4.78, 5) is 16.2. The fraction of sp³-hybridized carbons (Fsp3) is 0. The molecular weight excluding hydrogens is 232 g/mol. The quantitative estimate of drug-likeness (QED) is 0.739. The van der Waals surface area contributed by atoms with Crippen molar-refractivity contribution in [2.24, 2.45) is 0 Å². The number of anilines is 1. The van der Waals surface area contributed by atoms with Crippen LogP contribution in [0.15, 0.2) is 47.3 Å². The largest absolute Gasteiger partial charge is 0.411 e. The average molecular weight is 240 g/mol. The first-order valence-corrected chi connectivity index (χ1v) is 5.26. The van der Waals surface area contributed by atoms with Crippen molar-refractivity contribution in [3.63, 3.8) is 0 Å². The minimum Gasteiger partial charge on any atom is -0.411 e. The molecule has 0 aliphatic carbocycles. The number of carbonyl (C=O) groups excluding carboxylic acids is 1. The number of amides is 1. The summed E-state index contributed by atoms with van der Waals surface area (Å²) in [6, 6.07) is 9.13. The molecule has 6 nitrogen and oxygen atoms in total. The van der Waals surface area contributed by atoms with Gasteiger partial charge in [0.2, 0.25) is 6.39 Å². The lowest BCUT2D eigenvalue weighted by molar-refractivity contribution is 0.102. The first-order chi connectivity index (χ1) is 8.84. The number of aromatic nitrogens is 3. The number of hydrogen-bond acceptors (Lipinski definition) is 5. The number of pyridine rings is 1. The molecule has 1 amide bonds. The van der Waals surface area contributed by atoms with Crippen molar-refractivity contribution >= 4 is 22.8 Å². The van der Waals surface area contributed by atoms with Gasteiger partial charge in [-0.1, -0.05) is 23.3 Å². The van der Waals surface area contributed by atoms with E-state index in [-0.39, 0.29) is 11.9 Å². The van der Waals surface area contributed by atoms with Gasteiger partial charge in [-0.15, -0.1) is 5.10 Å². The molecule has 1 N–H and O–H groups in total. The molecule has 0 aliphatic rings. The minimum atomic E-state index is -0.308. The van der Waals surface area contributed by atoms with Gasteiger partial charge in [0.15, 0.2) is 0 Å². The molecule has 3 rings (SSSR count). The lowest BCUT2D eigenvalue weighted by Crippen LogP contribution is -2.12. The molecule has 0 atom stereocenters. The minimum absolute atomic E-state index is 0.0703. The van der Waals surface area contributed by atoms with E-state index in [1.54, 1.807) is 12.3 Å². The van der Waals surface area contributed by atoms with Crippen molar-refractivity contribution in [2.75, 3.05) is 5.32 Å². The second-order valence-corrected chi connectivity index (χ2v) is 3.57. The summed E-state index contributed by atoms with van der Waals surface area (Å²) < 4.78 is 4.87. The number of benzene rings is 1. The number of para-hydroxylation sites is 1. The van der Waals surface area contributed by atoms with Gasteiger partial charge in [-0.2, -0.15) is 0 Å². The molecule has 6 heteroatoms. The topological polar surface area (TPSA) is 80.9 Å². The van der Waals surface area contributed by atoms with Gasteiger partial charge in [0.05, 0.1) is 11.1 Å². The number of rotatable bonds is 2. The summed E-state index contributed by atoms with van der Waals surface area (Å²) in [5.41, 5.74) is 1.27. The molecule has 2 aromatic heterocycles. The first-order valence-electron chi connectivity index (χ1n) is 5.26. The van der Waals surface area contributed by atoms with Crippen LogP contribution in [0.5, 0.6) is 0 Å². The summed E-state index contributed by atoms with van der Waals surface area (Å²) in [6.07, 6.45) is 2.74. The smallest absolute Gasteiger partial charge is 0.322 e. The molecule has 1 aromatic carbocycles. The van der Waals surface area contributed by atoms with Crippen LogP contribution in [0.25, 0.3) is 10.9 Å². The second-order valence-electron chi connectivity index (χ2n) is 3.57. The normalized spacial score (nSPS) is 10.4. The van der Waals surface area contributed by atoms with Gasteiger partial charge in [0.25, 0.3) is 5.91 Å². The van der Waals surface area contributed by atoms with Crippen LogP contribution in [-0.2, 0) is 0 Å². The molecule has 18 heavy (non-hydrogen) atoms. The van der Waals surface area contributed by atoms with E-state index in [1.807, 2.05) is 24.3 Å². The number of hydrogen-bond donors (Lipinski definition) is 1. The van der Waals surface area contributed by atoms with Gasteiger partial charge >= 0.3 is 6.01 Å². The van der Waals surface area contributed by atoms with Crippen molar-refractivity contribution in [3.8, 4) is 0 Å². The van der Waals surface area contributed by atoms with Crippen molar-refractivity contribution < 1.29 is 9.21 Å². The van der Waals surface area contributed by atoms with Gasteiger partial charge in [0, 0.05) is 11.6 Å². The SMILES string of the molecule is O=C(Nc1nnco1)c1ccnc2ccccc12. The van der Waals surface area contributed by atoms with E-state index in [0.717, 1.165) is 17.3 Å². The maximum Gasteiger partial charge on any atom is 0.322 e. The Morgan fingerprint density at radius 1 is 1.22 bits per heavy atom.